The van der Waals surface area contributed by atoms with Gasteiger partial charge in [0.25, 0.3) is 0 Å². The number of ether oxygens (including phenoxy) is 1. The van der Waals surface area contributed by atoms with Gasteiger partial charge in [0.15, 0.2) is 0 Å². The minimum Gasteiger partial charge on any atom is -0.461 e. The number of likely N-dealkylation sites (N-methyl/N-ethyl adjacent to an activating group) is 1. The zero-order valence-corrected chi connectivity index (χ0v) is 14.3. The van der Waals surface area contributed by atoms with E-state index in [0.717, 1.165) is 19.4 Å². The van der Waals surface area contributed by atoms with Gasteiger partial charge in [0.05, 0.1) is 5.92 Å². The van der Waals surface area contributed by atoms with E-state index in [1.807, 2.05) is 32.8 Å². The van der Waals surface area contributed by atoms with E-state index in [1.165, 1.54) is 38.5 Å². The molecule has 0 aromatic rings. The molecule has 0 aliphatic heterocycles. The molecule has 0 fully saturated rings. The second-order valence-corrected chi connectivity index (χ2v) is 6.32. The summed E-state index contributed by atoms with van der Waals surface area (Å²) in [5, 5.41) is 0. The molecule has 120 valence electrons. The highest BCUT2D eigenvalue weighted by Gasteiger charge is 2.17. The molecule has 2 atom stereocenters. The first-order valence-electron chi connectivity index (χ1n) is 8.32. The first-order valence-corrected chi connectivity index (χ1v) is 8.32. The molecule has 3 nitrogen and oxygen atoms in total. The summed E-state index contributed by atoms with van der Waals surface area (Å²) >= 11 is 0. The second-order valence-electron chi connectivity index (χ2n) is 6.32. The number of carbonyl (C=O) groups excluding carboxylic acids is 1. The Bertz CT molecular complexity index is 241. The molecule has 0 rings (SSSR count). The third kappa shape index (κ3) is 11.3. The van der Waals surface area contributed by atoms with Crippen LogP contribution in [0.2, 0.25) is 0 Å². The van der Waals surface area contributed by atoms with Crippen molar-refractivity contribution in [1.82, 2.24) is 4.90 Å². The van der Waals surface area contributed by atoms with Crippen molar-refractivity contribution in [3.8, 4) is 0 Å². The highest BCUT2D eigenvalue weighted by atomic mass is 16.5. The zero-order valence-electron chi connectivity index (χ0n) is 14.3. The lowest BCUT2D eigenvalue weighted by Gasteiger charge is -2.19. The summed E-state index contributed by atoms with van der Waals surface area (Å²) in [6.45, 7) is 6.97. The third-order valence-electron chi connectivity index (χ3n) is 3.58. The van der Waals surface area contributed by atoms with Crippen molar-refractivity contribution >= 4 is 5.97 Å². The number of hydrogen-bond acceptors (Lipinski definition) is 3. The van der Waals surface area contributed by atoms with Gasteiger partial charge in [-0.15, -0.1) is 0 Å². The molecule has 0 aliphatic rings. The molecule has 0 aliphatic carbocycles. The van der Waals surface area contributed by atoms with E-state index < -0.39 is 0 Å². The molecule has 0 spiro atoms. The van der Waals surface area contributed by atoms with Crippen LogP contribution in [0.15, 0.2) is 0 Å². The van der Waals surface area contributed by atoms with E-state index in [9.17, 15) is 4.79 Å². The molecular weight excluding hydrogens is 250 g/mol. The van der Waals surface area contributed by atoms with Gasteiger partial charge in [0, 0.05) is 6.54 Å². The van der Waals surface area contributed by atoms with Gasteiger partial charge in [-0.1, -0.05) is 58.8 Å². The summed E-state index contributed by atoms with van der Waals surface area (Å²) in [4.78, 5) is 13.9. The lowest BCUT2D eigenvalue weighted by Crippen LogP contribution is -2.29. The normalized spacial score (nSPS) is 14.3. The Balaban J connectivity index is 3.59. The number of esters is 1. The van der Waals surface area contributed by atoms with Crippen molar-refractivity contribution < 1.29 is 9.53 Å². The molecular formula is C17H35NO2. The molecule has 0 amide bonds. The maximum atomic E-state index is 11.9. The van der Waals surface area contributed by atoms with Gasteiger partial charge in [-0.2, -0.15) is 0 Å². The predicted octanol–water partition coefficient (Wildman–Crippen LogP) is 4.26. The number of rotatable bonds is 12. The Morgan fingerprint density at radius 2 is 1.55 bits per heavy atom. The summed E-state index contributed by atoms with van der Waals surface area (Å²) in [6.07, 6.45) is 9.98. The Morgan fingerprint density at radius 3 is 2.10 bits per heavy atom. The van der Waals surface area contributed by atoms with Crippen LogP contribution in [0.1, 0.15) is 72.1 Å². The number of carbonyl (C=O) groups is 1. The Morgan fingerprint density at radius 1 is 1.00 bits per heavy atom. The molecule has 0 aromatic heterocycles. The lowest BCUT2D eigenvalue weighted by molar-refractivity contribution is -0.153. The van der Waals surface area contributed by atoms with Crippen LogP contribution in [0.4, 0.5) is 0 Å². The van der Waals surface area contributed by atoms with E-state index >= 15 is 0 Å². The van der Waals surface area contributed by atoms with Crippen molar-refractivity contribution in [3.05, 3.63) is 0 Å². The second kappa shape index (κ2) is 12.2. The first kappa shape index (κ1) is 19.4. The molecule has 0 aromatic carbocycles. The van der Waals surface area contributed by atoms with Crippen LogP contribution in [0.3, 0.4) is 0 Å². The summed E-state index contributed by atoms with van der Waals surface area (Å²) in [7, 11) is 3.98. The quantitative estimate of drug-likeness (QED) is 0.396. The summed E-state index contributed by atoms with van der Waals surface area (Å²) < 4.78 is 5.45. The van der Waals surface area contributed by atoms with Crippen LogP contribution in [0.25, 0.3) is 0 Å². The van der Waals surface area contributed by atoms with Crippen LogP contribution in [0, 0.1) is 5.92 Å². The topological polar surface area (TPSA) is 29.5 Å². The fraction of sp³-hybridized carbons (Fsp3) is 0.941. The molecule has 0 saturated carbocycles. The molecule has 0 saturated heterocycles. The van der Waals surface area contributed by atoms with Crippen LogP contribution in [0.5, 0.6) is 0 Å². The van der Waals surface area contributed by atoms with Crippen molar-refractivity contribution in [3.63, 3.8) is 0 Å². The van der Waals surface area contributed by atoms with Gasteiger partial charge in [0.2, 0.25) is 0 Å². The minimum absolute atomic E-state index is 0.0195. The molecule has 0 heterocycles. The Labute approximate surface area is 126 Å². The number of nitrogens with zero attached hydrogens (tertiary/aromatic N) is 1. The maximum Gasteiger partial charge on any atom is 0.308 e. The molecule has 20 heavy (non-hydrogen) atoms. The monoisotopic (exact) mass is 285 g/mol. The van der Waals surface area contributed by atoms with Crippen molar-refractivity contribution in [2.45, 2.75) is 78.2 Å². The molecule has 3 heteroatoms. The summed E-state index contributed by atoms with van der Waals surface area (Å²) in [6, 6.07) is 0. The van der Waals surface area contributed by atoms with Crippen molar-refractivity contribution in [1.29, 1.82) is 0 Å². The molecule has 0 bridgehead atoms. The average molecular weight is 285 g/mol. The van der Waals surface area contributed by atoms with E-state index in [1.54, 1.807) is 0 Å². The average Bonchev–Trinajstić information content (AvgIpc) is 2.36. The third-order valence-corrected chi connectivity index (χ3v) is 3.58. The van der Waals surface area contributed by atoms with Gasteiger partial charge in [-0.25, -0.2) is 0 Å². The number of unbranched alkanes of at least 4 members (excludes halogenated alkanes) is 6. The largest absolute Gasteiger partial charge is 0.461 e. The van der Waals surface area contributed by atoms with E-state index in [2.05, 4.69) is 6.92 Å². The van der Waals surface area contributed by atoms with Crippen LogP contribution in [-0.2, 0) is 9.53 Å². The smallest absolute Gasteiger partial charge is 0.308 e. The fourth-order valence-corrected chi connectivity index (χ4v) is 2.39. The molecule has 0 radical (unpaired) electrons. The lowest BCUT2D eigenvalue weighted by atomic mass is 10.0. The minimum atomic E-state index is -0.0367. The predicted molar refractivity (Wildman–Crippen MR) is 85.9 cm³/mol. The fourth-order valence-electron chi connectivity index (χ4n) is 2.39. The van der Waals surface area contributed by atoms with Gasteiger partial charge >= 0.3 is 5.97 Å². The van der Waals surface area contributed by atoms with Gasteiger partial charge in [-0.3, -0.25) is 4.79 Å². The highest BCUT2D eigenvalue weighted by Crippen LogP contribution is 2.14. The van der Waals surface area contributed by atoms with E-state index in [4.69, 9.17) is 4.74 Å². The maximum absolute atomic E-state index is 11.9. The van der Waals surface area contributed by atoms with Gasteiger partial charge in [0.1, 0.15) is 6.10 Å². The highest BCUT2D eigenvalue weighted by molar-refractivity contribution is 5.72. The van der Waals surface area contributed by atoms with Crippen molar-refractivity contribution in [2.24, 2.45) is 5.92 Å². The summed E-state index contributed by atoms with van der Waals surface area (Å²) in [5.74, 6) is 0.000544. The Kier molecular flexibility index (Phi) is 11.8. The van der Waals surface area contributed by atoms with Crippen LogP contribution >= 0.6 is 0 Å². The van der Waals surface area contributed by atoms with Crippen LogP contribution in [-0.4, -0.2) is 37.6 Å². The standard InChI is InChI=1S/C17H35NO2/c1-6-7-8-9-10-11-12-13-15(2)17(19)20-16(3)14-18(4)5/h15-16H,6-14H2,1-5H3. The van der Waals surface area contributed by atoms with E-state index in [0.29, 0.717) is 0 Å². The molecule has 2 unspecified atom stereocenters. The summed E-state index contributed by atoms with van der Waals surface area (Å²) in [5.41, 5.74) is 0. The zero-order chi connectivity index (χ0) is 15.4. The Hall–Kier alpha value is -0.570. The number of hydrogen-bond donors (Lipinski definition) is 0. The molecule has 0 N–H and O–H groups in total. The van der Waals surface area contributed by atoms with Gasteiger partial charge < -0.3 is 9.64 Å². The first-order chi connectivity index (χ1) is 9.47. The van der Waals surface area contributed by atoms with Crippen LogP contribution < -0.4 is 0 Å². The van der Waals surface area contributed by atoms with E-state index in [-0.39, 0.29) is 18.0 Å². The van der Waals surface area contributed by atoms with Crippen molar-refractivity contribution in [2.75, 3.05) is 20.6 Å². The SMILES string of the molecule is CCCCCCCCCC(C)C(=O)OC(C)CN(C)C. The van der Waals surface area contributed by atoms with Gasteiger partial charge in [-0.05, 0) is 27.4 Å².